The molecule has 1 aliphatic heterocycles. The maximum Gasteiger partial charge on any atom is 0.245 e. The van der Waals surface area contributed by atoms with Gasteiger partial charge in [-0.15, -0.1) is 5.10 Å². The lowest BCUT2D eigenvalue weighted by atomic mass is 10.1. The van der Waals surface area contributed by atoms with Crippen LogP contribution in [-0.2, 0) is 10.0 Å². The number of fused-ring (bicyclic) bond motifs is 2. The number of sulfonamides is 1. The normalized spacial score (nSPS) is 16.1. The summed E-state index contributed by atoms with van der Waals surface area (Å²) in [5, 5.41) is 10.8. The summed E-state index contributed by atoms with van der Waals surface area (Å²) in [7, 11) is -3.63. The first-order valence-electron chi connectivity index (χ1n) is 9.84. The van der Waals surface area contributed by atoms with Gasteiger partial charge in [0.25, 0.3) is 0 Å². The van der Waals surface area contributed by atoms with Crippen molar-refractivity contribution in [2.24, 2.45) is 0 Å². The summed E-state index contributed by atoms with van der Waals surface area (Å²) in [6, 6.07) is 16.7. The van der Waals surface area contributed by atoms with E-state index in [1.165, 1.54) is 4.31 Å². The fourth-order valence-corrected chi connectivity index (χ4v) is 5.50. The first-order valence-corrected chi connectivity index (χ1v) is 11.3. The molecule has 0 spiro atoms. The Labute approximate surface area is 174 Å². The average Bonchev–Trinajstić information content (AvgIpc) is 2.79. The summed E-state index contributed by atoms with van der Waals surface area (Å²) in [5.41, 5.74) is 0.504. The molecule has 8 heteroatoms. The number of nitrogens with zero attached hydrogens (tertiary/aromatic N) is 4. The van der Waals surface area contributed by atoms with E-state index in [1.807, 2.05) is 36.4 Å². The largest absolute Gasteiger partial charge is 0.473 e. The minimum absolute atomic E-state index is 0.109. The zero-order valence-electron chi connectivity index (χ0n) is 16.2. The molecule has 0 unspecified atom stereocenters. The monoisotopic (exact) mass is 420 g/mol. The lowest BCUT2D eigenvalue weighted by Crippen LogP contribution is -2.41. The molecule has 0 saturated carbocycles. The number of hydrogen-bond acceptors (Lipinski definition) is 6. The van der Waals surface area contributed by atoms with Crippen LogP contribution in [0.1, 0.15) is 12.8 Å². The van der Waals surface area contributed by atoms with Crippen LogP contribution in [-0.4, -0.2) is 47.1 Å². The molecular formula is C22H20N4O3S. The Morgan fingerprint density at radius 1 is 0.933 bits per heavy atom. The minimum Gasteiger partial charge on any atom is -0.473 e. The molecule has 0 radical (unpaired) electrons. The Bertz CT molecular complexity index is 1310. The van der Waals surface area contributed by atoms with Crippen molar-refractivity contribution >= 4 is 31.7 Å². The molecule has 1 fully saturated rings. The molecule has 152 valence electrons. The molecule has 7 nitrogen and oxygen atoms in total. The third kappa shape index (κ3) is 3.38. The van der Waals surface area contributed by atoms with Gasteiger partial charge >= 0.3 is 0 Å². The van der Waals surface area contributed by atoms with Gasteiger partial charge in [0.15, 0.2) is 0 Å². The van der Waals surface area contributed by atoms with Gasteiger partial charge in [-0.3, -0.25) is 4.98 Å². The van der Waals surface area contributed by atoms with E-state index in [0.717, 1.165) is 16.2 Å². The summed E-state index contributed by atoms with van der Waals surface area (Å²) in [5.74, 6) is 0.493. The molecule has 0 amide bonds. The van der Waals surface area contributed by atoms with E-state index in [9.17, 15) is 8.42 Å². The zero-order valence-corrected chi connectivity index (χ0v) is 17.0. The van der Waals surface area contributed by atoms with Crippen molar-refractivity contribution in [1.29, 1.82) is 0 Å². The summed E-state index contributed by atoms with van der Waals surface area (Å²) >= 11 is 0. The molecule has 1 saturated heterocycles. The van der Waals surface area contributed by atoms with E-state index in [2.05, 4.69) is 15.2 Å². The van der Waals surface area contributed by atoms with Gasteiger partial charge in [-0.1, -0.05) is 36.4 Å². The van der Waals surface area contributed by atoms with E-state index in [1.54, 1.807) is 30.6 Å². The van der Waals surface area contributed by atoms with Crippen LogP contribution in [0.25, 0.3) is 21.7 Å². The Morgan fingerprint density at radius 3 is 2.57 bits per heavy atom. The molecule has 0 bridgehead atoms. The van der Waals surface area contributed by atoms with Gasteiger partial charge in [0.1, 0.15) is 11.0 Å². The molecule has 2 aromatic heterocycles. The van der Waals surface area contributed by atoms with Crippen molar-refractivity contribution in [1.82, 2.24) is 19.5 Å². The number of piperidine rings is 1. The van der Waals surface area contributed by atoms with E-state index in [-0.39, 0.29) is 11.0 Å². The van der Waals surface area contributed by atoms with Gasteiger partial charge in [-0.05, 0) is 31.0 Å². The SMILES string of the molecule is O=S(=O)(c1cccc2cccnc12)N1CCC(Oc2nncc3ccccc23)CC1. The predicted molar refractivity (Wildman–Crippen MR) is 114 cm³/mol. The third-order valence-corrected chi connectivity index (χ3v) is 7.36. The van der Waals surface area contributed by atoms with Crippen LogP contribution in [0.2, 0.25) is 0 Å². The fourth-order valence-electron chi connectivity index (χ4n) is 3.86. The highest BCUT2D eigenvalue weighted by Gasteiger charge is 2.32. The number of rotatable bonds is 4. The fraction of sp³-hybridized carbons (Fsp3) is 0.227. The van der Waals surface area contributed by atoms with Gasteiger partial charge in [0.2, 0.25) is 15.9 Å². The maximum absolute atomic E-state index is 13.3. The number of aromatic nitrogens is 3. The Morgan fingerprint density at radius 2 is 1.70 bits per heavy atom. The van der Waals surface area contributed by atoms with Crippen LogP contribution < -0.4 is 4.74 Å². The molecule has 1 aliphatic rings. The second-order valence-electron chi connectivity index (χ2n) is 7.29. The van der Waals surface area contributed by atoms with Gasteiger partial charge in [-0.25, -0.2) is 8.42 Å². The predicted octanol–water partition coefficient (Wildman–Crippen LogP) is 3.41. The third-order valence-electron chi connectivity index (χ3n) is 5.43. The Kier molecular flexibility index (Phi) is 4.80. The number of ether oxygens (including phenoxy) is 1. The number of pyridine rings is 1. The van der Waals surface area contributed by atoms with Crippen LogP contribution in [0, 0.1) is 0 Å². The summed E-state index contributed by atoms with van der Waals surface area (Å²) in [4.78, 5) is 4.55. The first-order chi connectivity index (χ1) is 14.6. The molecule has 0 atom stereocenters. The van der Waals surface area contributed by atoms with Crippen molar-refractivity contribution in [3.63, 3.8) is 0 Å². The summed E-state index contributed by atoms with van der Waals surface area (Å²) in [6.45, 7) is 0.767. The highest BCUT2D eigenvalue weighted by Crippen LogP contribution is 2.28. The van der Waals surface area contributed by atoms with Crippen molar-refractivity contribution in [3.05, 3.63) is 67.0 Å². The molecule has 3 heterocycles. The smallest absolute Gasteiger partial charge is 0.245 e. The number of benzene rings is 2. The Hall–Kier alpha value is -3.10. The molecule has 0 N–H and O–H groups in total. The van der Waals surface area contributed by atoms with Crippen LogP contribution >= 0.6 is 0 Å². The zero-order chi connectivity index (χ0) is 20.6. The summed E-state index contributed by atoms with van der Waals surface area (Å²) in [6.07, 6.45) is 4.38. The molecule has 4 aromatic rings. The van der Waals surface area contributed by atoms with Crippen molar-refractivity contribution in [2.45, 2.75) is 23.8 Å². The quantitative estimate of drug-likeness (QED) is 0.503. The van der Waals surface area contributed by atoms with E-state index in [4.69, 9.17) is 4.74 Å². The van der Waals surface area contributed by atoms with Crippen LogP contribution in [0.3, 0.4) is 0 Å². The molecule has 0 aliphatic carbocycles. The molecular weight excluding hydrogens is 400 g/mol. The highest BCUT2D eigenvalue weighted by molar-refractivity contribution is 7.89. The van der Waals surface area contributed by atoms with Gasteiger partial charge in [-0.2, -0.15) is 9.40 Å². The van der Waals surface area contributed by atoms with E-state index < -0.39 is 10.0 Å². The lowest BCUT2D eigenvalue weighted by Gasteiger charge is -2.31. The van der Waals surface area contributed by atoms with Gasteiger partial charge in [0.05, 0.1) is 11.7 Å². The highest BCUT2D eigenvalue weighted by atomic mass is 32.2. The lowest BCUT2D eigenvalue weighted by molar-refractivity contribution is 0.130. The van der Waals surface area contributed by atoms with E-state index in [0.29, 0.717) is 37.3 Å². The van der Waals surface area contributed by atoms with Crippen LogP contribution in [0.5, 0.6) is 5.88 Å². The summed E-state index contributed by atoms with van der Waals surface area (Å²) < 4.78 is 34.1. The van der Waals surface area contributed by atoms with Gasteiger partial charge in [0, 0.05) is 35.4 Å². The Balaban J connectivity index is 1.34. The standard InChI is InChI=1S/C22H20N4O3S/c27-30(28,20-9-3-6-16-7-4-12-23-21(16)20)26-13-10-18(11-14-26)29-22-19-8-2-1-5-17(19)15-24-25-22/h1-9,12,15,18H,10-11,13-14H2. The molecule has 5 rings (SSSR count). The molecule has 2 aromatic carbocycles. The topological polar surface area (TPSA) is 85.3 Å². The van der Waals surface area contributed by atoms with E-state index >= 15 is 0 Å². The second-order valence-corrected chi connectivity index (χ2v) is 9.20. The second kappa shape index (κ2) is 7.62. The molecule has 30 heavy (non-hydrogen) atoms. The first kappa shape index (κ1) is 18.9. The average molecular weight is 420 g/mol. The van der Waals surface area contributed by atoms with Crippen LogP contribution in [0.15, 0.2) is 71.9 Å². The van der Waals surface area contributed by atoms with Crippen molar-refractivity contribution in [2.75, 3.05) is 13.1 Å². The van der Waals surface area contributed by atoms with Gasteiger partial charge < -0.3 is 4.74 Å². The van der Waals surface area contributed by atoms with Crippen molar-refractivity contribution in [3.8, 4) is 5.88 Å². The number of para-hydroxylation sites is 1. The van der Waals surface area contributed by atoms with Crippen LogP contribution in [0.4, 0.5) is 0 Å². The minimum atomic E-state index is -3.63. The number of hydrogen-bond donors (Lipinski definition) is 0. The van der Waals surface area contributed by atoms with Crippen molar-refractivity contribution < 1.29 is 13.2 Å². The maximum atomic E-state index is 13.3.